The Morgan fingerprint density at radius 1 is 1.54 bits per heavy atom. The maximum atomic E-state index is 11.0. The molecule has 0 aliphatic rings. The van der Waals surface area contributed by atoms with Crippen LogP contribution in [0.25, 0.3) is 0 Å². The van der Waals surface area contributed by atoms with E-state index in [0.29, 0.717) is 12.0 Å². The van der Waals surface area contributed by atoms with E-state index in [0.717, 1.165) is 12.8 Å². The van der Waals surface area contributed by atoms with Crippen LogP contribution in [-0.2, 0) is 6.54 Å². The van der Waals surface area contributed by atoms with E-state index in [1.807, 2.05) is 0 Å². The van der Waals surface area contributed by atoms with Crippen LogP contribution >= 0.6 is 0 Å². The zero-order valence-electron chi connectivity index (χ0n) is 8.50. The first kappa shape index (κ1) is 10.0. The van der Waals surface area contributed by atoms with Crippen molar-refractivity contribution >= 4 is 0 Å². The molecule has 0 amide bonds. The highest BCUT2D eigenvalue weighted by atomic mass is 16.1. The molecule has 0 radical (unpaired) electrons. The van der Waals surface area contributed by atoms with Crippen molar-refractivity contribution in [1.82, 2.24) is 14.8 Å². The molecule has 74 valence electrons. The Kier molecular flexibility index (Phi) is 2.90. The third-order valence-corrected chi connectivity index (χ3v) is 1.92. The number of aryl methyl sites for hydroxylation is 1. The average molecular weight is 183 g/mol. The van der Waals surface area contributed by atoms with Gasteiger partial charge < -0.3 is 0 Å². The number of H-pyrrole nitrogens is 1. The second-order valence-electron chi connectivity index (χ2n) is 4.48. The molecule has 4 nitrogen and oxygen atoms in total. The summed E-state index contributed by atoms with van der Waals surface area (Å²) in [7, 11) is 0. The summed E-state index contributed by atoms with van der Waals surface area (Å²) < 4.78 is 1.46. The van der Waals surface area contributed by atoms with Crippen LogP contribution in [0.1, 0.15) is 33.6 Å². The van der Waals surface area contributed by atoms with Crippen LogP contribution in [0.4, 0.5) is 0 Å². The number of aromatic nitrogens is 3. The van der Waals surface area contributed by atoms with Gasteiger partial charge in [0.05, 0.1) is 0 Å². The molecule has 0 aliphatic heterocycles. The monoisotopic (exact) mass is 183 g/mol. The number of hydrogen-bond acceptors (Lipinski definition) is 2. The van der Waals surface area contributed by atoms with Crippen molar-refractivity contribution in [3.05, 3.63) is 16.8 Å². The SMILES string of the molecule is CC(C)(C)CCCn1nc[nH]c1=O. The number of aromatic amines is 1. The van der Waals surface area contributed by atoms with Gasteiger partial charge in [0.15, 0.2) is 0 Å². The Morgan fingerprint density at radius 2 is 2.23 bits per heavy atom. The minimum Gasteiger partial charge on any atom is -0.295 e. The van der Waals surface area contributed by atoms with E-state index < -0.39 is 0 Å². The lowest BCUT2D eigenvalue weighted by Crippen LogP contribution is -2.19. The second kappa shape index (κ2) is 3.77. The Bertz CT molecular complexity index is 305. The molecule has 1 aromatic heterocycles. The smallest absolute Gasteiger partial charge is 0.295 e. The Hall–Kier alpha value is -1.06. The molecular weight excluding hydrogens is 166 g/mol. The molecule has 4 heteroatoms. The fraction of sp³-hybridized carbons (Fsp3) is 0.778. The van der Waals surface area contributed by atoms with Crippen LogP contribution in [0.15, 0.2) is 11.1 Å². The summed E-state index contributed by atoms with van der Waals surface area (Å²) in [6.45, 7) is 7.29. The van der Waals surface area contributed by atoms with Crippen molar-refractivity contribution in [3.8, 4) is 0 Å². The lowest BCUT2D eigenvalue weighted by molar-refractivity contribution is 0.347. The summed E-state index contributed by atoms with van der Waals surface area (Å²) in [5.41, 5.74) is 0.216. The molecule has 0 fully saturated rings. The van der Waals surface area contributed by atoms with Gasteiger partial charge in [0, 0.05) is 6.54 Å². The van der Waals surface area contributed by atoms with Gasteiger partial charge in [0.2, 0.25) is 0 Å². The third kappa shape index (κ3) is 3.44. The molecule has 1 rings (SSSR count). The van der Waals surface area contributed by atoms with Gasteiger partial charge in [-0.25, -0.2) is 9.48 Å². The van der Waals surface area contributed by atoms with Gasteiger partial charge >= 0.3 is 5.69 Å². The van der Waals surface area contributed by atoms with Gasteiger partial charge in [0.1, 0.15) is 6.33 Å². The molecule has 1 aromatic rings. The van der Waals surface area contributed by atoms with Crippen molar-refractivity contribution < 1.29 is 0 Å². The molecule has 13 heavy (non-hydrogen) atoms. The summed E-state index contributed by atoms with van der Waals surface area (Å²) >= 11 is 0. The van der Waals surface area contributed by atoms with E-state index in [-0.39, 0.29) is 5.69 Å². The predicted molar refractivity (Wildman–Crippen MR) is 51.5 cm³/mol. The van der Waals surface area contributed by atoms with Crippen molar-refractivity contribution in [3.63, 3.8) is 0 Å². The lowest BCUT2D eigenvalue weighted by atomic mass is 9.91. The number of nitrogens with zero attached hydrogens (tertiary/aromatic N) is 2. The molecule has 0 bridgehead atoms. The van der Waals surface area contributed by atoms with Gasteiger partial charge in [-0.15, -0.1) is 0 Å². The quantitative estimate of drug-likeness (QED) is 0.770. The maximum Gasteiger partial charge on any atom is 0.343 e. The Balaban J connectivity index is 2.37. The standard InChI is InChI=1S/C9H17N3O/c1-9(2,3)5-4-6-12-8(13)10-7-11-12/h7H,4-6H2,1-3H3,(H,10,11,13). The molecule has 0 aliphatic carbocycles. The normalized spacial score (nSPS) is 11.9. The second-order valence-corrected chi connectivity index (χ2v) is 4.48. The predicted octanol–water partition coefficient (Wildman–Crippen LogP) is 1.40. The first-order valence-electron chi connectivity index (χ1n) is 4.59. The maximum absolute atomic E-state index is 11.0. The van der Waals surface area contributed by atoms with Crippen LogP contribution in [0.5, 0.6) is 0 Å². The van der Waals surface area contributed by atoms with Crippen LogP contribution in [0.3, 0.4) is 0 Å². The summed E-state index contributed by atoms with van der Waals surface area (Å²) in [4.78, 5) is 13.5. The first-order valence-corrected chi connectivity index (χ1v) is 4.59. The van der Waals surface area contributed by atoms with Crippen LogP contribution in [-0.4, -0.2) is 14.8 Å². The summed E-state index contributed by atoms with van der Waals surface area (Å²) in [5.74, 6) is 0. The highest BCUT2D eigenvalue weighted by molar-refractivity contribution is 4.63. The van der Waals surface area contributed by atoms with Crippen molar-refractivity contribution in [2.75, 3.05) is 0 Å². The molecule has 0 saturated carbocycles. The first-order chi connectivity index (χ1) is 5.99. The van der Waals surface area contributed by atoms with Gasteiger partial charge in [-0.3, -0.25) is 4.98 Å². The molecule has 0 aromatic carbocycles. The van der Waals surface area contributed by atoms with E-state index in [2.05, 4.69) is 30.9 Å². The van der Waals surface area contributed by atoms with Crippen molar-refractivity contribution in [1.29, 1.82) is 0 Å². The van der Waals surface area contributed by atoms with Gasteiger partial charge in [-0.05, 0) is 18.3 Å². The lowest BCUT2D eigenvalue weighted by Gasteiger charge is -2.17. The van der Waals surface area contributed by atoms with Gasteiger partial charge in [0.25, 0.3) is 0 Å². The van der Waals surface area contributed by atoms with Crippen LogP contribution in [0.2, 0.25) is 0 Å². The molecule has 1 heterocycles. The summed E-state index contributed by atoms with van der Waals surface area (Å²) in [6, 6.07) is 0. The largest absolute Gasteiger partial charge is 0.343 e. The van der Waals surface area contributed by atoms with E-state index in [9.17, 15) is 4.79 Å². The fourth-order valence-corrected chi connectivity index (χ4v) is 1.20. The molecule has 0 atom stereocenters. The third-order valence-electron chi connectivity index (χ3n) is 1.92. The summed E-state index contributed by atoms with van der Waals surface area (Å²) in [5, 5.41) is 3.88. The van der Waals surface area contributed by atoms with E-state index >= 15 is 0 Å². The van der Waals surface area contributed by atoms with Crippen LogP contribution < -0.4 is 5.69 Å². The molecule has 1 N–H and O–H groups in total. The minimum atomic E-state index is -0.117. The number of nitrogens with one attached hydrogen (secondary N) is 1. The molecular formula is C9H17N3O. The zero-order chi connectivity index (χ0) is 9.90. The highest BCUT2D eigenvalue weighted by Crippen LogP contribution is 2.20. The number of hydrogen-bond donors (Lipinski definition) is 1. The van der Waals surface area contributed by atoms with Crippen molar-refractivity contribution in [2.45, 2.75) is 40.2 Å². The van der Waals surface area contributed by atoms with Crippen molar-refractivity contribution in [2.24, 2.45) is 5.41 Å². The highest BCUT2D eigenvalue weighted by Gasteiger charge is 2.09. The van der Waals surface area contributed by atoms with E-state index in [1.165, 1.54) is 11.0 Å². The molecule has 0 spiro atoms. The average Bonchev–Trinajstić information content (AvgIpc) is 2.34. The topological polar surface area (TPSA) is 50.7 Å². The Labute approximate surface area is 78.0 Å². The minimum absolute atomic E-state index is 0.117. The Morgan fingerprint density at radius 3 is 2.69 bits per heavy atom. The van der Waals surface area contributed by atoms with Crippen LogP contribution in [0, 0.1) is 5.41 Å². The zero-order valence-corrected chi connectivity index (χ0v) is 8.50. The van der Waals surface area contributed by atoms with E-state index in [1.54, 1.807) is 0 Å². The van der Waals surface area contributed by atoms with Gasteiger partial charge in [-0.2, -0.15) is 5.10 Å². The molecule has 0 unspecified atom stereocenters. The number of rotatable bonds is 3. The van der Waals surface area contributed by atoms with E-state index in [4.69, 9.17) is 0 Å². The van der Waals surface area contributed by atoms with Gasteiger partial charge in [-0.1, -0.05) is 20.8 Å². The fourth-order valence-electron chi connectivity index (χ4n) is 1.20. The summed E-state index contributed by atoms with van der Waals surface area (Å²) in [6.07, 6.45) is 3.53. The molecule has 0 saturated heterocycles.